The monoisotopic (exact) mass is 206 g/mol. The molecule has 0 bridgehead atoms. The fraction of sp³-hybridized carbons (Fsp3) is 0.364. The van der Waals surface area contributed by atoms with Gasteiger partial charge in [-0.1, -0.05) is 13.8 Å². The second kappa shape index (κ2) is 2.89. The molecule has 0 fully saturated rings. The Bertz CT molecular complexity index is 438. The predicted octanol–water partition coefficient (Wildman–Crippen LogP) is 1.59. The maximum absolute atomic E-state index is 11.4. The molecule has 0 aromatic heterocycles. The summed E-state index contributed by atoms with van der Waals surface area (Å²) >= 11 is 0. The Hall–Kier alpha value is -1.71. The van der Waals surface area contributed by atoms with Crippen LogP contribution in [0.15, 0.2) is 12.1 Å². The number of hydrogen-bond acceptors (Lipinski definition) is 3. The number of amides is 1. The Morgan fingerprint density at radius 3 is 2.80 bits per heavy atom. The molecule has 4 heteroatoms. The second-order valence-corrected chi connectivity index (χ2v) is 4.53. The highest BCUT2D eigenvalue weighted by Crippen LogP contribution is 2.44. The van der Waals surface area contributed by atoms with Crippen molar-refractivity contribution in [1.29, 1.82) is 0 Å². The number of nitrogens with two attached hydrogens (primary N) is 1. The van der Waals surface area contributed by atoms with Gasteiger partial charge in [0.25, 0.3) is 0 Å². The van der Waals surface area contributed by atoms with Crippen LogP contribution in [0, 0.1) is 0 Å². The number of rotatable bonds is 0. The van der Waals surface area contributed by atoms with E-state index in [1.54, 1.807) is 12.1 Å². The van der Waals surface area contributed by atoms with Gasteiger partial charge in [0.05, 0.1) is 5.69 Å². The Morgan fingerprint density at radius 1 is 1.47 bits per heavy atom. The zero-order valence-electron chi connectivity index (χ0n) is 8.79. The number of anilines is 2. The highest BCUT2D eigenvalue weighted by molar-refractivity contribution is 5.96. The van der Waals surface area contributed by atoms with Crippen molar-refractivity contribution < 1.29 is 9.90 Å². The van der Waals surface area contributed by atoms with Crippen molar-refractivity contribution in [3.05, 3.63) is 17.7 Å². The Balaban J connectivity index is 2.68. The summed E-state index contributed by atoms with van der Waals surface area (Å²) in [6.07, 6.45) is 0.358. The van der Waals surface area contributed by atoms with Crippen LogP contribution in [0.4, 0.5) is 11.4 Å². The molecule has 1 heterocycles. The van der Waals surface area contributed by atoms with E-state index in [2.05, 4.69) is 5.32 Å². The van der Waals surface area contributed by atoms with Gasteiger partial charge in [0.1, 0.15) is 5.75 Å². The number of aromatic hydroxyl groups is 1. The molecule has 4 N–H and O–H groups in total. The number of fused-ring (bicyclic) bond motifs is 1. The van der Waals surface area contributed by atoms with Crippen LogP contribution in [0.1, 0.15) is 25.8 Å². The normalized spacial score (nSPS) is 18.1. The maximum Gasteiger partial charge on any atom is 0.225 e. The van der Waals surface area contributed by atoms with E-state index in [4.69, 9.17) is 5.73 Å². The lowest BCUT2D eigenvalue weighted by molar-refractivity contribution is -0.117. The molecule has 0 saturated carbocycles. The van der Waals surface area contributed by atoms with Gasteiger partial charge in [0, 0.05) is 23.1 Å². The standard InChI is InChI=1S/C11H14N2O2/c1-11(2)5-8(14)13-7-4-3-6(12)10(15)9(7)11/h3-4,15H,5,12H2,1-2H3,(H,13,14). The molecule has 1 amide bonds. The number of nitrogen functional groups attached to an aromatic ring is 1. The number of benzene rings is 1. The second-order valence-electron chi connectivity index (χ2n) is 4.53. The minimum Gasteiger partial charge on any atom is -0.505 e. The molecular formula is C11H14N2O2. The number of phenols is 1. The lowest BCUT2D eigenvalue weighted by atomic mass is 9.77. The van der Waals surface area contributed by atoms with Crippen LogP contribution in [0.2, 0.25) is 0 Å². The van der Waals surface area contributed by atoms with Crippen LogP contribution in [0.5, 0.6) is 5.75 Å². The topological polar surface area (TPSA) is 75.4 Å². The Labute approximate surface area is 88.1 Å². The van der Waals surface area contributed by atoms with Crippen molar-refractivity contribution >= 4 is 17.3 Å². The third kappa shape index (κ3) is 1.42. The highest BCUT2D eigenvalue weighted by atomic mass is 16.3. The molecule has 0 unspecified atom stereocenters. The SMILES string of the molecule is CC1(C)CC(=O)Nc2ccc(N)c(O)c21. The molecule has 0 atom stereocenters. The average molecular weight is 206 g/mol. The van der Waals surface area contributed by atoms with Gasteiger partial charge in [-0.05, 0) is 12.1 Å². The summed E-state index contributed by atoms with van der Waals surface area (Å²) in [5.41, 5.74) is 6.98. The first-order valence-corrected chi connectivity index (χ1v) is 4.83. The van der Waals surface area contributed by atoms with Crippen LogP contribution in [-0.2, 0) is 10.2 Å². The zero-order chi connectivity index (χ0) is 11.2. The summed E-state index contributed by atoms with van der Waals surface area (Å²) in [5.74, 6) is 0.0502. The summed E-state index contributed by atoms with van der Waals surface area (Å²) < 4.78 is 0. The quantitative estimate of drug-likeness (QED) is 0.445. The summed E-state index contributed by atoms with van der Waals surface area (Å²) in [6, 6.07) is 3.32. The molecule has 0 spiro atoms. The van der Waals surface area contributed by atoms with E-state index in [1.807, 2.05) is 13.8 Å². The van der Waals surface area contributed by atoms with Gasteiger partial charge in [-0.3, -0.25) is 4.79 Å². The average Bonchev–Trinajstić information content (AvgIpc) is 2.08. The smallest absolute Gasteiger partial charge is 0.225 e. The third-order valence-corrected chi connectivity index (χ3v) is 2.76. The van der Waals surface area contributed by atoms with E-state index in [9.17, 15) is 9.90 Å². The number of hydrogen-bond donors (Lipinski definition) is 3. The number of phenolic OH excluding ortho intramolecular Hbond substituents is 1. The van der Waals surface area contributed by atoms with Crippen molar-refractivity contribution in [2.24, 2.45) is 0 Å². The molecule has 1 aliphatic rings. The van der Waals surface area contributed by atoms with Gasteiger partial charge < -0.3 is 16.2 Å². The first-order valence-electron chi connectivity index (χ1n) is 4.83. The third-order valence-electron chi connectivity index (χ3n) is 2.76. The summed E-state index contributed by atoms with van der Waals surface area (Å²) in [6.45, 7) is 3.84. The Kier molecular flexibility index (Phi) is 1.89. The molecule has 1 aliphatic heterocycles. The molecule has 2 rings (SSSR count). The van der Waals surface area contributed by atoms with Crippen LogP contribution in [0.25, 0.3) is 0 Å². The van der Waals surface area contributed by atoms with Crippen LogP contribution >= 0.6 is 0 Å². The van der Waals surface area contributed by atoms with Gasteiger partial charge in [-0.25, -0.2) is 0 Å². The summed E-state index contributed by atoms with van der Waals surface area (Å²) in [5, 5.41) is 12.6. The lowest BCUT2D eigenvalue weighted by Gasteiger charge is -2.32. The molecule has 0 aliphatic carbocycles. The van der Waals surface area contributed by atoms with Gasteiger partial charge in [-0.2, -0.15) is 0 Å². The molecule has 80 valence electrons. The molecule has 15 heavy (non-hydrogen) atoms. The Morgan fingerprint density at radius 2 is 2.13 bits per heavy atom. The minimum absolute atomic E-state index is 0.0309. The highest BCUT2D eigenvalue weighted by Gasteiger charge is 2.34. The van der Waals surface area contributed by atoms with Crippen molar-refractivity contribution in [3.8, 4) is 5.75 Å². The zero-order valence-corrected chi connectivity index (χ0v) is 8.79. The van der Waals surface area contributed by atoms with Gasteiger partial charge >= 0.3 is 0 Å². The molecule has 0 radical (unpaired) electrons. The molecular weight excluding hydrogens is 192 g/mol. The van der Waals surface area contributed by atoms with Gasteiger partial charge in [0.15, 0.2) is 0 Å². The summed E-state index contributed by atoms with van der Waals surface area (Å²) in [7, 11) is 0. The molecule has 0 saturated heterocycles. The fourth-order valence-corrected chi connectivity index (χ4v) is 2.08. The van der Waals surface area contributed by atoms with E-state index in [1.165, 1.54) is 0 Å². The van der Waals surface area contributed by atoms with Gasteiger partial charge in [-0.15, -0.1) is 0 Å². The van der Waals surface area contributed by atoms with Crippen LogP contribution in [0.3, 0.4) is 0 Å². The van der Waals surface area contributed by atoms with E-state index in [0.29, 0.717) is 17.8 Å². The summed E-state index contributed by atoms with van der Waals surface area (Å²) in [4.78, 5) is 11.4. The first kappa shape index (κ1) is 9.83. The first-order chi connectivity index (χ1) is 6.92. The van der Waals surface area contributed by atoms with Crippen molar-refractivity contribution in [2.75, 3.05) is 11.1 Å². The predicted molar refractivity (Wildman–Crippen MR) is 58.8 cm³/mol. The maximum atomic E-state index is 11.4. The van der Waals surface area contributed by atoms with Gasteiger partial charge in [0.2, 0.25) is 5.91 Å². The molecule has 1 aromatic carbocycles. The fourth-order valence-electron chi connectivity index (χ4n) is 2.08. The molecule has 4 nitrogen and oxygen atoms in total. The largest absolute Gasteiger partial charge is 0.505 e. The lowest BCUT2D eigenvalue weighted by Crippen LogP contribution is -2.32. The van der Waals surface area contributed by atoms with Crippen molar-refractivity contribution in [3.63, 3.8) is 0 Å². The minimum atomic E-state index is -0.378. The van der Waals surface area contributed by atoms with E-state index >= 15 is 0 Å². The van der Waals surface area contributed by atoms with E-state index < -0.39 is 0 Å². The molecule has 1 aromatic rings. The van der Waals surface area contributed by atoms with E-state index in [0.717, 1.165) is 5.56 Å². The van der Waals surface area contributed by atoms with Crippen molar-refractivity contribution in [1.82, 2.24) is 0 Å². The van der Waals surface area contributed by atoms with Crippen LogP contribution < -0.4 is 11.1 Å². The van der Waals surface area contributed by atoms with Crippen LogP contribution in [-0.4, -0.2) is 11.0 Å². The number of nitrogens with one attached hydrogen (secondary N) is 1. The van der Waals surface area contributed by atoms with E-state index in [-0.39, 0.29) is 17.1 Å². The number of carbonyl (C=O) groups excluding carboxylic acids is 1. The van der Waals surface area contributed by atoms with Crippen molar-refractivity contribution in [2.45, 2.75) is 25.7 Å². The number of carbonyl (C=O) groups is 1.